The van der Waals surface area contributed by atoms with Crippen LogP contribution in [0.3, 0.4) is 0 Å². The van der Waals surface area contributed by atoms with E-state index in [2.05, 4.69) is 38.0 Å². The molecule has 0 aromatic heterocycles. The summed E-state index contributed by atoms with van der Waals surface area (Å²) in [5.41, 5.74) is 5.85. The lowest BCUT2D eigenvalue weighted by Crippen LogP contribution is -2.44. The molecule has 0 spiro atoms. The zero-order valence-corrected chi connectivity index (χ0v) is 12.7. The molecule has 0 aromatic rings. The van der Waals surface area contributed by atoms with Crippen LogP contribution in [0.5, 0.6) is 0 Å². The highest BCUT2D eigenvalue weighted by Crippen LogP contribution is 2.05. The van der Waals surface area contributed by atoms with Gasteiger partial charge in [0.25, 0.3) is 0 Å². The number of amides is 1. The van der Waals surface area contributed by atoms with E-state index < -0.39 is 0 Å². The first-order chi connectivity index (χ1) is 8.40. The topological polar surface area (TPSA) is 58.4 Å². The maximum atomic E-state index is 11.7. The van der Waals surface area contributed by atoms with Gasteiger partial charge in [-0.25, -0.2) is 0 Å². The maximum absolute atomic E-state index is 11.7. The van der Waals surface area contributed by atoms with E-state index in [-0.39, 0.29) is 17.9 Å². The van der Waals surface area contributed by atoms with E-state index in [1.807, 2.05) is 6.92 Å². The number of rotatable bonds is 9. The van der Waals surface area contributed by atoms with Gasteiger partial charge in [0, 0.05) is 12.6 Å². The predicted molar refractivity (Wildman–Crippen MR) is 77.4 cm³/mol. The van der Waals surface area contributed by atoms with Crippen LogP contribution in [-0.2, 0) is 4.79 Å². The summed E-state index contributed by atoms with van der Waals surface area (Å²) in [6, 6.07) is 0.215. The number of hydrogen-bond donors (Lipinski definition) is 2. The van der Waals surface area contributed by atoms with Gasteiger partial charge < -0.3 is 16.0 Å². The van der Waals surface area contributed by atoms with Crippen molar-refractivity contribution in [2.45, 2.75) is 59.0 Å². The number of nitrogens with two attached hydrogens (primary N) is 1. The highest BCUT2D eigenvalue weighted by molar-refractivity contribution is 5.81. The SMILES string of the molecule is CC[C@H](C)[C@H](N)C(=O)NCCCCN(C)C(C)C. The molecule has 4 heteroatoms. The van der Waals surface area contributed by atoms with Crippen LogP contribution >= 0.6 is 0 Å². The van der Waals surface area contributed by atoms with Crippen molar-refractivity contribution >= 4 is 5.91 Å². The van der Waals surface area contributed by atoms with Crippen molar-refractivity contribution in [1.29, 1.82) is 0 Å². The van der Waals surface area contributed by atoms with Crippen molar-refractivity contribution in [3.8, 4) is 0 Å². The van der Waals surface area contributed by atoms with E-state index in [0.29, 0.717) is 6.04 Å². The Morgan fingerprint density at radius 2 is 1.89 bits per heavy atom. The van der Waals surface area contributed by atoms with Gasteiger partial charge >= 0.3 is 0 Å². The summed E-state index contributed by atoms with van der Waals surface area (Å²) in [7, 11) is 2.13. The molecule has 0 bridgehead atoms. The number of nitrogens with zero attached hydrogens (tertiary/aromatic N) is 1. The van der Waals surface area contributed by atoms with Crippen LogP contribution in [0.15, 0.2) is 0 Å². The Labute approximate surface area is 112 Å². The molecule has 0 aliphatic carbocycles. The van der Waals surface area contributed by atoms with E-state index in [1.54, 1.807) is 0 Å². The molecule has 0 aromatic carbocycles. The number of carbonyl (C=O) groups is 1. The minimum absolute atomic E-state index is 0.0124. The number of carbonyl (C=O) groups excluding carboxylic acids is 1. The zero-order chi connectivity index (χ0) is 14.1. The normalized spacial score (nSPS) is 14.9. The third-order valence-electron chi connectivity index (χ3n) is 3.68. The quantitative estimate of drug-likeness (QED) is 0.617. The monoisotopic (exact) mass is 257 g/mol. The first-order valence-electron chi connectivity index (χ1n) is 7.13. The molecule has 2 atom stereocenters. The second kappa shape index (κ2) is 9.34. The molecule has 0 heterocycles. The summed E-state index contributed by atoms with van der Waals surface area (Å²) >= 11 is 0. The van der Waals surface area contributed by atoms with Gasteiger partial charge in [-0.3, -0.25) is 4.79 Å². The Bertz CT molecular complexity index is 231. The second-order valence-electron chi connectivity index (χ2n) is 5.48. The molecule has 4 nitrogen and oxygen atoms in total. The maximum Gasteiger partial charge on any atom is 0.237 e. The van der Waals surface area contributed by atoms with Gasteiger partial charge in [0.1, 0.15) is 0 Å². The number of unbranched alkanes of at least 4 members (excludes halogenated alkanes) is 1. The van der Waals surface area contributed by atoms with E-state index in [4.69, 9.17) is 5.73 Å². The number of hydrogen-bond acceptors (Lipinski definition) is 3. The molecule has 0 radical (unpaired) electrons. The van der Waals surface area contributed by atoms with Crippen LogP contribution in [0.2, 0.25) is 0 Å². The Morgan fingerprint density at radius 1 is 1.28 bits per heavy atom. The molecule has 0 fully saturated rings. The van der Waals surface area contributed by atoms with Crippen LogP contribution in [-0.4, -0.2) is 43.0 Å². The Morgan fingerprint density at radius 3 is 2.39 bits per heavy atom. The van der Waals surface area contributed by atoms with E-state index in [9.17, 15) is 4.79 Å². The van der Waals surface area contributed by atoms with Gasteiger partial charge in [0.15, 0.2) is 0 Å². The highest BCUT2D eigenvalue weighted by Gasteiger charge is 2.18. The first-order valence-corrected chi connectivity index (χ1v) is 7.13. The van der Waals surface area contributed by atoms with Crippen molar-refractivity contribution < 1.29 is 4.79 Å². The molecular formula is C14H31N3O. The molecule has 3 N–H and O–H groups in total. The minimum Gasteiger partial charge on any atom is -0.355 e. The third kappa shape index (κ3) is 6.97. The Balaban J connectivity index is 3.63. The summed E-state index contributed by atoms with van der Waals surface area (Å²) in [5, 5.41) is 2.92. The largest absolute Gasteiger partial charge is 0.355 e. The molecule has 1 amide bonds. The van der Waals surface area contributed by atoms with Crippen LogP contribution in [0.4, 0.5) is 0 Å². The molecule has 18 heavy (non-hydrogen) atoms. The fourth-order valence-electron chi connectivity index (χ4n) is 1.59. The fourth-order valence-corrected chi connectivity index (χ4v) is 1.59. The van der Waals surface area contributed by atoms with Crippen molar-refractivity contribution in [1.82, 2.24) is 10.2 Å². The summed E-state index contributed by atoms with van der Waals surface area (Å²) in [6.45, 7) is 10.3. The van der Waals surface area contributed by atoms with Crippen molar-refractivity contribution in [2.24, 2.45) is 11.7 Å². The molecular weight excluding hydrogens is 226 g/mol. The zero-order valence-electron chi connectivity index (χ0n) is 12.7. The van der Waals surface area contributed by atoms with Crippen LogP contribution in [0, 0.1) is 5.92 Å². The molecule has 0 aliphatic rings. The lowest BCUT2D eigenvalue weighted by atomic mass is 9.99. The van der Waals surface area contributed by atoms with Gasteiger partial charge in [0.05, 0.1) is 6.04 Å². The van der Waals surface area contributed by atoms with Crippen molar-refractivity contribution in [3.05, 3.63) is 0 Å². The minimum atomic E-state index is -0.367. The Kier molecular flexibility index (Phi) is 9.02. The summed E-state index contributed by atoms with van der Waals surface area (Å²) < 4.78 is 0. The van der Waals surface area contributed by atoms with Gasteiger partial charge in [-0.15, -0.1) is 0 Å². The first kappa shape index (κ1) is 17.4. The van der Waals surface area contributed by atoms with Crippen LogP contribution < -0.4 is 11.1 Å². The number of nitrogens with one attached hydrogen (secondary N) is 1. The summed E-state index contributed by atoms with van der Waals surface area (Å²) in [5.74, 6) is 0.235. The van der Waals surface area contributed by atoms with Crippen molar-refractivity contribution in [2.75, 3.05) is 20.1 Å². The lowest BCUT2D eigenvalue weighted by molar-refractivity contribution is -0.123. The molecule has 0 saturated heterocycles. The van der Waals surface area contributed by atoms with Gasteiger partial charge in [-0.1, -0.05) is 20.3 Å². The smallest absolute Gasteiger partial charge is 0.237 e. The van der Waals surface area contributed by atoms with E-state index >= 15 is 0 Å². The van der Waals surface area contributed by atoms with Gasteiger partial charge in [-0.05, 0) is 46.2 Å². The van der Waals surface area contributed by atoms with E-state index in [0.717, 1.165) is 32.4 Å². The molecule has 0 rings (SSSR count). The van der Waals surface area contributed by atoms with Crippen LogP contribution in [0.1, 0.15) is 47.0 Å². The van der Waals surface area contributed by atoms with Crippen LogP contribution in [0.25, 0.3) is 0 Å². The predicted octanol–water partition coefficient (Wildman–Crippen LogP) is 1.60. The average Bonchev–Trinajstić information content (AvgIpc) is 2.35. The molecule has 0 unspecified atom stereocenters. The van der Waals surface area contributed by atoms with E-state index in [1.165, 1.54) is 0 Å². The van der Waals surface area contributed by atoms with Crippen molar-refractivity contribution in [3.63, 3.8) is 0 Å². The van der Waals surface area contributed by atoms with Gasteiger partial charge in [-0.2, -0.15) is 0 Å². The average molecular weight is 257 g/mol. The summed E-state index contributed by atoms with van der Waals surface area (Å²) in [6.07, 6.45) is 3.05. The molecule has 108 valence electrons. The second-order valence-corrected chi connectivity index (χ2v) is 5.48. The standard InChI is InChI=1S/C14H31N3O/c1-6-12(4)13(15)14(18)16-9-7-8-10-17(5)11(2)3/h11-13H,6-10,15H2,1-5H3,(H,16,18)/t12-,13-/m0/s1. The summed E-state index contributed by atoms with van der Waals surface area (Å²) in [4.78, 5) is 14.0. The fraction of sp³-hybridized carbons (Fsp3) is 0.929. The molecule has 0 saturated carbocycles. The van der Waals surface area contributed by atoms with Gasteiger partial charge in [0.2, 0.25) is 5.91 Å². The third-order valence-corrected chi connectivity index (χ3v) is 3.68. The lowest BCUT2D eigenvalue weighted by Gasteiger charge is -2.21. The highest BCUT2D eigenvalue weighted by atomic mass is 16.2. The Hall–Kier alpha value is -0.610. The molecule has 0 aliphatic heterocycles.